The van der Waals surface area contributed by atoms with Crippen LogP contribution in [0, 0.1) is 62.6 Å². The lowest BCUT2D eigenvalue weighted by atomic mass is 9.32. The summed E-state index contributed by atoms with van der Waals surface area (Å²) >= 11 is 0. The number of hydrogen-bond acceptors (Lipinski definition) is 4. The van der Waals surface area contributed by atoms with Gasteiger partial charge in [-0.3, -0.25) is 9.59 Å². The maximum Gasteiger partial charge on any atom is 0.323 e. The first-order valence-corrected chi connectivity index (χ1v) is 16.3. The van der Waals surface area contributed by atoms with Gasteiger partial charge < -0.3 is 15.6 Å². The van der Waals surface area contributed by atoms with Crippen LogP contribution < -0.4 is 5.73 Å². The summed E-state index contributed by atoms with van der Waals surface area (Å²) in [6.07, 6.45) is 10.1. The Bertz CT molecular complexity index is 1070. The predicted octanol–water partition coefficient (Wildman–Crippen LogP) is 7.62. The van der Waals surface area contributed by atoms with Gasteiger partial charge in [0, 0.05) is 5.41 Å². The molecule has 5 rings (SSSR count). The molecule has 0 spiro atoms. The van der Waals surface area contributed by atoms with Crippen LogP contribution in [0.15, 0.2) is 12.2 Å². The molecular formula is C35H57NO4. The molecule has 5 heteroatoms. The van der Waals surface area contributed by atoms with Gasteiger partial charge in [-0.15, -0.1) is 0 Å². The molecule has 0 aromatic rings. The fourth-order valence-electron chi connectivity index (χ4n) is 12.2. The standard InChI is InChI=1S/C35H57NO4/c1-20(2)22-12-17-35(30(38)39)19-18-33(8)23(27(22)35)10-11-25-32(7)15-14-26(40-29(37)28(36)21(3)4)31(5,6)24(32)13-16-34(25,33)9/h21-28H,1,10-19,36H2,2-9H3,(H,38,39)/t22?,23?,24?,25?,26-,27?,28?,32-,33+,34+,35-/m0/s1. The number of carbonyl (C=O) groups is 2. The number of aliphatic carboxylic acids is 1. The van der Waals surface area contributed by atoms with Crippen LogP contribution in [0.3, 0.4) is 0 Å². The van der Waals surface area contributed by atoms with E-state index in [2.05, 4.69) is 48.1 Å². The molecule has 40 heavy (non-hydrogen) atoms. The number of hydrogen-bond donors (Lipinski definition) is 2. The first kappa shape index (κ1) is 30.1. The lowest BCUT2D eigenvalue weighted by Gasteiger charge is -2.72. The van der Waals surface area contributed by atoms with Crippen molar-refractivity contribution in [3.8, 4) is 0 Å². The van der Waals surface area contributed by atoms with E-state index >= 15 is 0 Å². The summed E-state index contributed by atoms with van der Waals surface area (Å²) in [6.45, 7) is 22.8. The molecule has 5 aliphatic carbocycles. The molecule has 5 fully saturated rings. The average Bonchev–Trinajstić information content (AvgIpc) is 3.27. The van der Waals surface area contributed by atoms with Crippen LogP contribution in [0.2, 0.25) is 0 Å². The van der Waals surface area contributed by atoms with Gasteiger partial charge in [-0.1, -0.05) is 60.6 Å². The van der Waals surface area contributed by atoms with Gasteiger partial charge in [0.2, 0.25) is 0 Å². The number of fused-ring (bicyclic) bond motifs is 7. The first-order valence-electron chi connectivity index (χ1n) is 16.3. The van der Waals surface area contributed by atoms with Crippen LogP contribution in [-0.4, -0.2) is 29.2 Å². The second kappa shape index (κ2) is 9.58. The van der Waals surface area contributed by atoms with Crippen LogP contribution in [-0.2, 0) is 14.3 Å². The molecule has 11 atom stereocenters. The largest absolute Gasteiger partial charge is 0.481 e. The van der Waals surface area contributed by atoms with Crippen molar-refractivity contribution < 1.29 is 19.4 Å². The van der Waals surface area contributed by atoms with E-state index in [9.17, 15) is 14.7 Å². The van der Waals surface area contributed by atoms with Gasteiger partial charge in [0.15, 0.2) is 0 Å². The molecule has 0 aliphatic heterocycles. The van der Waals surface area contributed by atoms with Gasteiger partial charge in [0.1, 0.15) is 12.1 Å². The fourth-order valence-corrected chi connectivity index (χ4v) is 12.2. The fraction of sp³-hybridized carbons (Fsp3) is 0.886. The van der Waals surface area contributed by atoms with E-state index in [1.807, 2.05) is 13.8 Å². The summed E-state index contributed by atoms with van der Waals surface area (Å²) in [4.78, 5) is 25.8. The molecule has 226 valence electrons. The smallest absolute Gasteiger partial charge is 0.323 e. The maximum absolute atomic E-state index is 12.9. The Morgan fingerprint density at radius 3 is 2.15 bits per heavy atom. The molecule has 0 amide bonds. The molecule has 0 saturated heterocycles. The van der Waals surface area contributed by atoms with Crippen LogP contribution in [0.4, 0.5) is 0 Å². The molecule has 3 N–H and O–H groups in total. The van der Waals surface area contributed by atoms with Gasteiger partial charge in [-0.25, -0.2) is 0 Å². The minimum atomic E-state index is -0.572. The zero-order valence-electron chi connectivity index (χ0n) is 26.6. The molecule has 5 aliphatic rings. The highest BCUT2D eigenvalue weighted by Gasteiger charge is 2.72. The quantitative estimate of drug-likeness (QED) is 0.269. The Kier molecular flexibility index (Phi) is 7.21. The van der Waals surface area contributed by atoms with Gasteiger partial charge in [-0.05, 0) is 123 Å². The van der Waals surface area contributed by atoms with Gasteiger partial charge in [0.25, 0.3) is 0 Å². The van der Waals surface area contributed by atoms with Crippen LogP contribution in [0.5, 0.6) is 0 Å². The van der Waals surface area contributed by atoms with Crippen molar-refractivity contribution in [2.45, 2.75) is 132 Å². The lowest BCUT2D eigenvalue weighted by Crippen LogP contribution is -2.67. The number of esters is 1. The number of carbonyl (C=O) groups excluding carboxylic acids is 1. The van der Waals surface area contributed by atoms with Crippen LogP contribution in [0.25, 0.3) is 0 Å². The Morgan fingerprint density at radius 2 is 1.55 bits per heavy atom. The number of carboxylic acids is 1. The third kappa shape index (κ3) is 3.87. The van der Waals surface area contributed by atoms with Gasteiger partial charge >= 0.3 is 11.9 Å². The van der Waals surface area contributed by atoms with Gasteiger partial charge in [-0.2, -0.15) is 0 Å². The Hall–Kier alpha value is -1.36. The summed E-state index contributed by atoms with van der Waals surface area (Å²) in [5.41, 5.74) is 7.17. The van der Waals surface area contributed by atoms with E-state index in [0.717, 1.165) is 51.4 Å². The summed E-state index contributed by atoms with van der Waals surface area (Å²) < 4.78 is 6.18. The SMILES string of the molecule is C=C(C)C1CC[C@]2(C(=O)O)CC[C@]3(C)C(CCC4[C@@]5(C)CC[C@H](OC(=O)C(N)C(C)C)C(C)(C)C5CC[C@]43C)C12. The normalized spacial score (nSPS) is 48.2. The van der Waals surface area contributed by atoms with E-state index in [1.54, 1.807) is 0 Å². The third-order valence-electron chi connectivity index (χ3n) is 14.7. The van der Waals surface area contributed by atoms with Crippen molar-refractivity contribution in [3.63, 3.8) is 0 Å². The van der Waals surface area contributed by atoms with Crippen molar-refractivity contribution >= 4 is 11.9 Å². The Labute approximate surface area is 243 Å². The number of rotatable bonds is 5. The van der Waals surface area contributed by atoms with E-state index in [4.69, 9.17) is 10.5 Å². The second-order valence-electron chi connectivity index (χ2n) is 16.7. The van der Waals surface area contributed by atoms with Gasteiger partial charge in [0.05, 0.1) is 5.41 Å². The van der Waals surface area contributed by atoms with E-state index < -0.39 is 17.4 Å². The number of carboxylic acid groups (broad SMARTS) is 1. The van der Waals surface area contributed by atoms with Crippen LogP contribution in [0.1, 0.15) is 120 Å². The molecule has 5 saturated carbocycles. The molecule has 0 radical (unpaired) electrons. The first-order chi connectivity index (χ1) is 18.5. The van der Waals surface area contributed by atoms with Crippen molar-refractivity contribution in [3.05, 3.63) is 12.2 Å². The zero-order valence-corrected chi connectivity index (χ0v) is 26.6. The topological polar surface area (TPSA) is 89.6 Å². The molecular weight excluding hydrogens is 498 g/mol. The van der Waals surface area contributed by atoms with E-state index in [0.29, 0.717) is 23.7 Å². The van der Waals surface area contributed by atoms with Crippen molar-refractivity contribution in [2.24, 2.45) is 68.3 Å². The zero-order chi connectivity index (χ0) is 29.6. The summed E-state index contributed by atoms with van der Waals surface area (Å²) in [5.74, 6) is 1.31. The third-order valence-corrected chi connectivity index (χ3v) is 14.7. The molecule has 5 nitrogen and oxygen atoms in total. The lowest BCUT2D eigenvalue weighted by molar-refractivity contribution is -0.250. The second-order valence-corrected chi connectivity index (χ2v) is 16.7. The maximum atomic E-state index is 12.9. The van der Waals surface area contributed by atoms with Crippen molar-refractivity contribution in [1.82, 2.24) is 0 Å². The van der Waals surface area contributed by atoms with E-state index in [1.165, 1.54) is 18.4 Å². The highest BCUT2D eigenvalue weighted by atomic mass is 16.5. The Balaban J connectivity index is 1.46. The highest BCUT2D eigenvalue weighted by molar-refractivity contribution is 5.76. The predicted molar refractivity (Wildman–Crippen MR) is 159 cm³/mol. The minimum absolute atomic E-state index is 0.0653. The number of allylic oxidation sites excluding steroid dienone is 1. The van der Waals surface area contributed by atoms with Crippen molar-refractivity contribution in [1.29, 1.82) is 0 Å². The number of nitrogens with two attached hydrogens (primary N) is 1. The summed E-state index contributed by atoms with van der Waals surface area (Å²) in [5, 5.41) is 10.6. The minimum Gasteiger partial charge on any atom is -0.481 e. The average molecular weight is 556 g/mol. The van der Waals surface area contributed by atoms with Crippen LogP contribution >= 0.6 is 0 Å². The molecule has 0 heterocycles. The highest BCUT2D eigenvalue weighted by Crippen LogP contribution is 2.77. The molecule has 0 aromatic heterocycles. The summed E-state index contributed by atoms with van der Waals surface area (Å²) in [7, 11) is 0. The molecule has 6 unspecified atom stereocenters. The molecule has 0 aromatic carbocycles. The monoisotopic (exact) mass is 555 g/mol. The van der Waals surface area contributed by atoms with Crippen molar-refractivity contribution in [2.75, 3.05) is 0 Å². The Morgan fingerprint density at radius 1 is 0.875 bits per heavy atom. The van der Waals surface area contributed by atoms with E-state index in [-0.39, 0.29) is 45.6 Å². The molecule has 0 bridgehead atoms. The number of ether oxygens (including phenoxy) is 1. The summed E-state index contributed by atoms with van der Waals surface area (Å²) in [6, 6.07) is -0.572.